The number of amides is 2. The lowest BCUT2D eigenvalue weighted by molar-refractivity contribution is 0.146. The summed E-state index contributed by atoms with van der Waals surface area (Å²) in [6.07, 6.45) is 0.841. The van der Waals surface area contributed by atoms with Crippen molar-refractivity contribution in [2.75, 3.05) is 52.8 Å². The molecule has 0 radical (unpaired) electrons. The van der Waals surface area contributed by atoms with Crippen LogP contribution in [-0.2, 0) is 13.5 Å². The lowest BCUT2D eigenvalue weighted by Gasteiger charge is -2.28. The molecule has 284 valence electrons. The Morgan fingerprint density at radius 2 is 1.80 bits per heavy atom. The molecule has 5 aromatic rings. The van der Waals surface area contributed by atoms with Crippen molar-refractivity contribution in [2.24, 2.45) is 7.05 Å². The minimum absolute atomic E-state index is 0.0584. The zero-order chi connectivity index (χ0) is 38.7. The maximum Gasteiger partial charge on any atom is 0.317 e. The average molecular weight is 782 g/mol. The minimum atomic E-state index is -2.88. The zero-order valence-corrected chi connectivity index (χ0v) is 31.7. The molecular formula is C38H40Cl2F2N8O4. The van der Waals surface area contributed by atoms with Crippen molar-refractivity contribution >= 4 is 51.5 Å². The quantitative estimate of drug-likeness (QED) is 0.115. The molecule has 0 bridgehead atoms. The average Bonchev–Trinajstić information content (AvgIpc) is 3.60. The fraction of sp³-hybridized carbons (Fsp3) is 0.342. The number of urea groups is 1. The maximum absolute atomic E-state index is 13.8. The SMILES string of the molecule is CNC(=O)N(CCO)CCCN(C)C1CCc2cc(-c3cccc(-c4cccc(Nc5nc(C(F)F)cc6cnn(C)c(=O)c56)c4Cl)c3Cl)nc(OC)c21. The molecule has 0 saturated heterocycles. The van der Waals surface area contributed by atoms with E-state index in [-0.39, 0.29) is 46.8 Å². The molecule has 0 fully saturated rings. The number of benzene rings is 2. The third-order valence-electron chi connectivity index (χ3n) is 9.65. The largest absolute Gasteiger partial charge is 0.481 e. The van der Waals surface area contributed by atoms with Crippen molar-refractivity contribution in [3.63, 3.8) is 0 Å². The van der Waals surface area contributed by atoms with Gasteiger partial charge in [-0.2, -0.15) is 5.10 Å². The van der Waals surface area contributed by atoms with Crippen molar-refractivity contribution in [1.29, 1.82) is 0 Å². The molecule has 16 heteroatoms. The molecule has 0 saturated carbocycles. The summed E-state index contributed by atoms with van der Waals surface area (Å²) in [4.78, 5) is 38.0. The number of fused-ring (bicyclic) bond motifs is 2. The van der Waals surface area contributed by atoms with Gasteiger partial charge >= 0.3 is 6.03 Å². The lowest BCUT2D eigenvalue weighted by atomic mass is 9.99. The van der Waals surface area contributed by atoms with E-state index >= 15 is 0 Å². The second-order valence-corrected chi connectivity index (χ2v) is 13.7. The van der Waals surface area contributed by atoms with Gasteiger partial charge in [0.15, 0.2) is 0 Å². The van der Waals surface area contributed by atoms with E-state index in [9.17, 15) is 23.5 Å². The van der Waals surface area contributed by atoms with Crippen LogP contribution in [0.3, 0.4) is 0 Å². The summed E-state index contributed by atoms with van der Waals surface area (Å²) in [7, 11) is 6.67. The highest BCUT2D eigenvalue weighted by Gasteiger charge is 2.31. The number of anilines is 2. The molecule has 0 spiro atoms. The van der Waals surface area contributed by atoms with Crippen LogP contribution in [0.15, 0.2) is 59.5 Å². The molecule has 1 aliphatic rings. The first kappa shape index (κ1) is 38.8. The summed E-state index contributed by atoms with van der Waals surface area (Å²) in [5, 5.41) is 19.9. The fourth-order valence-corrected chi connectivity index (χ4v) is 7.56. The van der Waals surface area contributed by atoms with E-state index in [0.717, 1.165) is 41.1 Å². The molecule has 1 atom stereocenters. The normalized spacial score (nSPS) is 13.8. The molecule has 12 nitrogen and oxygen atoms in total. The smallest absolute Gasteiger partial charge is 0.317 e. The van der Waals surface area contributed by atoms with Crippen LogP contribution in [0.25, 0.3) is 33.2 Å². The third-order valence-corrected chi connectivity index (χ3v) is 10.5. The molecule has 0 aliphatic heterocycles. The van der Waals surface area contributed by atoms with Gasteiger partial charge in [0.25, 0.3) is 12.0 Å². The van der Waals surface area contributed by atoms with Gasteiger partial charge in [-0.3, -0.25) is 9.69 Å². The number of carbonyl (C=O) groups is 1. The van der Waals surface area contributed by atoms with Crippen molar-refractivity contribution in [3.8, 4) is 28.3 Å². The predicted octanol–water partition coefficient (Wildman–Crippen LogP) is 7.00. The van der Waals surface area contributed by atoms with Crippen LogP contribution in [0, 0.1) is 0 Å². The molecular weight excluding hydrogens is 741 g/mol. The first-order valence-corrected chi connectivity index (χ1v) is 18.1. The molecule has 54 heavy (non-hydrogen) atoms. The number of aliphatic hydroxyl groups excluding tert-OH is 1. The Morgan fingerprint density at radius 1 is 1.07 bits per heavy atom. The van der Waals surface area contributed by atoms with Crippen LogP contribution in [0.1, 0.15) is 42.1 Å². The lowest BCUT2D eigenvalue weighted by Crippen LogP contribution is -2.41. The summed E-state index contributed by atoms with van der Waals surface area (Å²) < 4.78 is 34.6. The number of halogens is 4. The van der Waals surface area contributed by atoms with Crippen molar-refractivity contribution in [1.82, 2.24) is 34.9 Å². The van der Waals surface area contributed by atoms with Crippen LogP contribution in [-0.4, -0.2) is 88.1 Å². The number of carbonyl (C=O) groups excluding carboxylic acids is 1. The number of nitrogens with zero attached hydrogens (tertiary/aromatic N) is 6. The third kappa shape index (κ3) is 7.69. The van der Waals surface area contributed by atoms with Crippen LogP contribution < -0.4 is 20.9 Å². The summed E-state index contributed by atoms with van der Waals surface area (Å²) in [5.41, 5.74) is 3.86. The molecule has 6 rings (SSSR count). The Bertz CT molecular complexity index is 2260. The number of aliphatic hydroxyl groups is 1. The van der Waals surface area contributed by atoms with E-state index in [1.54, 1.807) is 37.3 Å². The highest BCUT2D eigenvalue weighted by Crippen LogP contribution is 2.45. The molecule has 3 aromatic heterocycles. The Labute approximate surface area is 320 Å². The Hall–Kier alpha value is -4.89. The molecule has 3 heterocycles. The van der Waals surface area contributed by atoms with E-state index in [4.69, 9.17) is 32.9 Å². The van der Waals surface area contributed by atoms with E-state index in [2.05, 4.69) is 25.6 Å². The second-order valence-electron chi connectivity index (χ2n) is 12.9. The van der Waals surface area contributed by atoms with Crippen molar-refractivity contribution in [3.05, 3.63) is 91.9 Å². The molecule has 2 amide bonds. The first-order chi connectivity index (χ1) is 26.0. The van der Waals surface area contributed by atoms with E-state index in [1.807, 2.05) is 31.3 Å². The number of pyridine rings is 2. The van der Waals surface area contributed by atoms with E-state index in [0.29, 0.717) is 52.1 Å². The number of hydrogen-bond donors (Lipinski definition) is 3. The van der Waals surface area contributed by atoms with Crippen LogP contribution in [0.4, 0.5) is 25.1 Å². The molecule has 1 unspecified atom stereocenters. The van der Waals surface area contributed by atoms with Gasteiger partial charge in [-0.25, -0.2) is 28.2 Å². The second kappa shape index (κ2) is 16.6. The number of nitrogens with one attached hydrogen (secondary N) is 2. The molecule has 1 aliphatic carbocycles. The standard InChI is InChI=1S/C38H40Cl2F2N8O4/c1-43-38(53)50(16-17-51)15-7-14-48(2)29-13-12-21-18-27(47-36(54-4)30(21)29)25-10-5-8-23(32(25)39)24-9-6-11-26(33(24)40)45-35-31-22(19-28(46-35)34(41)42)20-44-49(3)37(31)52/h5-6,8-11,18-20,29,34,51H,7,12-17H2,1-4H3,(H,43,53)(H,45,46). The number of aromatic nitrogens is 4. The predicted molar refractivity (Wildman–Crippen MR) is 206 cm³/mol. The molecule has 3 N–H and O–H groups in total. The summed E-state index contributed by atoms with van der Waals surface area (Å²) in [6.45, 7) is 1.38. The molecule has 2 aromatic carbocycles. The van der Waals surface area contributed by atoms with Gasteiger partial charge in [0, 0.05) is 67.4 Å². The monoisotopic (exact) mass is 780 g/mol. The summed E-state index contributed by atoms with van der Waals surface area (Å²) >= 11 is 14.1. The van der Waals surface area contributed by atoms with Crippen LogP contribution in [0.2, 0.25) is 10.0 Å². The highest BCUT2D eigenvalue weighted by molar-refractivity contribution is 6.39. The number of methoxy groups -OCH3 is 1. The Balaban J connectivity index is 1.29. The van der Waals surface area contributed by atoms with Gasteiger partial charge in [0.05, 0.1) is 46.7 Å². The van der Waals surface area contributed by atoms with Gasteiger partial charge < -0.3 is 25.4 Å². The number of hydrogen-bond acceptors (Lipinski definition) is 9. The van der Waals surface area contributed by atoms with Gasteiger partial charge in [-0.15, -0.1) is 0 Å². The Morgan fingerprint density at radius 3 is 2.50 bits per heavy atom. The van der Waals surface area contributed by atoms with E-state index < -0.39 is 17.7 Å². The highest BCUT2D eigenvalue weighted by atomic mass is 35.5. The topological polar surface area (TPSA) is 138 Å². The number of alkyl halides is 2. The van der Waals surface area contributed by atoms with Gasteiger partial charge in [-0.1, -0.05) is 53.5 Å². The van der Waals surface area contributed by atoms with Gasteiger partial charge in [-0.05, 0) is 50.1 Å². The summed E-state index contributed by atoms with van der Waals surface area (Å²) in [6, 6.07) is 13.7. The van der Waals surface area contributed by atoms with Crippen LogP contribution >= 0.6 is 23.2 Å². The first-order valence-electron chi connectivity index (χ1n) is 17.3. The van der Waals surface area contributed by atoms with Crippen molar-refractivity contribution in [2.45, 2.75) is 31.7 Å². The number of rotatable bonds is 13. The number of aryl methyl sites for hydroxylation is 2. The minimum Gasteiger partial charge on any atom is -0.481 e. The summed E-state index contributed by atoms with van der Waals surface area (Å²) in [5.74, 6) is 0.428. The maximum atomic E-state index is 13.8. The Kier molecular flexibility index (Phi) is 12.0. The van der Waals surface area contributed by atoms with Gasteiger partial charge in [0.1, 0.15) is 11.5 Å². The number of ether oxygens (including phenoxy) is 1. The van der Waals surface area contributed by atoms with Crippen LogP contribution in [0.5, 0.6) is 5.88 Å². The zero-order valence-electron chi connectivity index (χ0n) is 30.2. The van der Waals surface area contributed by atoms with Crippen molar-refractivity contribution < 1.29 is 23.4 Å². The fourth-order valence-electron chi connectivity index (χ4n) is 6.96. The van der Waals surface area contributed by atoms with E-state index in [1.165, 1.54) is 13.2 Å². The van der Waals surface area contributed by atoms with Gasteiger partial charge in [0.2, 0.25) is 5.88 Å².